The Morgan fingerprint density at radius 1 is 1.42 bits per heavy atom. The van der Waals surface area contributed by atoms with Gasteiger partial charge in [0, 0.05) is 12.4 Å². The highest BCUT2D eigenvalue weighted by Crippen LogP contribution is 2.23. The Labute approximate surface area is 68.4 Å². The van der Waals surface area contributed by atoms with Gasteiger partial charge in [-0.2, -0.15) is 0 Å². The molecule has 0 aliphatic carbocycles. The van der Waals surface area contributed by atoms with E-state index < -0.39 is 0 Å². The number of hydrogen-bond acceptors (Lipinski definition) is 4. The smallest absolute Gasteiger partial charge is 0.248 e. The highest BCUT2D eigenvalue weighted by Gasteiger charge is 2.10. The Morgan fingerprint density at radius 2 is 2.17 bits per heavy atom. The van der Waals surface area contributed by atoms with Gasteiger partial charge < -0.3 is 10.2 Å². The van der Waals surface area contributed by atoms with Crippen LogP contribution < -0.4 is 5.73 Å². The van der Waals surface area contributed by atoms with Gasteiger partial charge >= 0.3 is 0 Å². The van der Waals surface area contributed by atoms with Crippen molar-refractivity contribution in [2.75, 3.05) is 5.73 Å². The topological polar surface area (TPSA) is 64.9 Å². The lowest BCUT2D eigenvalue weighted by Gasteiger charge is -1.84. The van der Waals surface area contributed by atoms with Crippen molar-refractivity contribution < 1.29 is 4.42 Å². The van der Waals surface area contributed by atoms with E-state index in [2.05, 4.69) is 15.9 Å². The van der Waals surface area contributed by atoms with Gasteiger partial charge in [0.15, 0.2) is 5.52 Å². The van der Waals surface area contributed by atoms with E-state index in [9.17, 15) is 0 Å². The molecule has 0 unspecified atom stereocenters. The summed E-state index contributed by atoms with van der Waals surface area (Å²) in [5.74, 6) is 2.60. The molecule has 0 saturated carbocycles. The SMILES string of the molecule is C#Cc1oc2nccnc2c1N. The van der Waals surface area contributed by atoms with E-state index in [4.69, 9.17) is 16.6 Å². The van der Waals surface area contributed by atoms with Crippen molar-refractivity contribution in [2.24, 2.45) is 0 Å². The fraction of sp³-hybridized carbons (Fsp3) is 0. The quantitative estimate of drug-likeness (QED) is 0.577. The number of fused-ring (bicyclic) bond motifs is 1. The third-order valence-corrected chi connectivity index (χ3v) is 1.49. The van der Waals surface area contributed by atoms with Gasteiger partial charge in [-0.1, -0.05) is 0 Å². The molecule has 2 N–H and O–H groups in total. The van der Waals surface area contributed by atoms with Gasteiger partial charge in [-0.15, -0.1) is 6.42 Å². The van der Waals surface area contributed by atoms with Gasteiger partial charge in [-0.3, -0.25) is 0 Å². The minimum atomic E-state index is 0.288. The summed E-state index contributed by atoms with van der Waals surface area (Å²) in [7, 11) is 0. The monoisotopic (exact) mass is 159 g/mol. The zero-order valence-electron chi connectivity index (χ0n) is 6.11. The number of anilines is 1. The summed E-state index contributed by atoms with van der Waals surface area (Å²) in [4.78, 5) is 7.88. The maximum Gasteiger partial charge on any atom is 0.248 e. The molecule has 12 heavy (non-hydrogen) atoms. The first kappa shape index (κ1) is 6.68. The third kappa shape index (κ3) is 0.736. The zero-order valence-corrected chi connectivity index (χ0v) is 6.11. The van der Waals surface area contributed by atoms with Crippen molar-refractivity contribution >= 4 is 16.9 Å². The summed E-state index contributed by atoms with van der Waals surface area (Å²) >= 11 is 0. The summed E-state index contributed by atoms with van der Waals surface area (Å²) in [6, 6.07) is 0. The summed E-state index contributed by atoms with van der Waals surface area (Å²) in [6.07, 6.45) is 8.19. The summed E-state index contributed by atoms with van der Waals surface area (Å²) in [5, 5.41) is 0. The molecule has 0 atom stereocenters. The number of aromatic nitrogens is 2. The largest absolute Gasteiger partial charge is 0.425 e. The fourth-order valence-corrected chi connectivity index (χ4v) is 0.951. The van der Waals surface area contributed by atoms with Gasteiger partial charge in [0.2, 0.25) is 11.5 Å². The fourth-order valence-electron chi connectivity index (χ4n) is 0.951. The summed E-state index contributed by atoms with van der Waals surface area (Å²) < 4.78 is 5.11. The van der Waals surface area contributed by atoms with Crippen LogP contribution in [0.25, 0.3) is 11.2 Å². The van der Waals surface area contributed by atoms with Crippen molar-refractivity contribution in [1.82, 2.24) is 9.97 Å². The van der Waals surface area contributed by atoms with Crippen LogP contribution in [0.3, 0.4) is 0 Å². The number of rotatable bonds is 0. The maximum absolute atomic E-state index is 5.61. The second-order valence-electron chi connectivity index (χ2n) is 2.20. The highest BCUT2D eigenvalue weighted by atomic mass is 16.3. The molecule has 0 saturated heterocycles. The van der Waals surface area contributed by atoms with Crippen molar-refractivity contribution in [1.29, 1.82) is 0 Å². The van der Waals surface area contributed by atoms with Crippen LogP contribution in [0, 0.1) is 12.3 Å². The zero-order chi connectivity index (χ0) is 8.55. The van der Waals surface area contributed by atoms with Crippen LogP contribution in [0.2, 0.25) is 0 Å². The molecule has 2 aromatic heterocycles. The van der Waals surface area contributed by atoms with Crippen molar-refractivity contribution in [3.8, 4) is 12.3 Å². The first-order chi connectivity index (χ1) is 5.83. The second kappa shape index (κ2) is 2.24. The van der Waals surface area contributed by atoms with E-state index in [0.29, 0.717) is 16.9 Å². The van der Waals surface area contributed by atoms with Crippen LogP contribution in [0.1, 0.15) is 5.76 Å². The molecule has 0 aromatic carbocycles. The van der Waals surface area contributed by atoms with Crippen LogP contribution in [-0.4, -0.2) is 9.97 Å². The molecule has 0 fully saturated rings. The van der Waals surface area contributed by atoms with Gasteiger partial charge in [0.1, 0.15) is 5.69 Å². The number of terminal acetylenes is 1. The van der Waals surface area contributed by atoms with E-state index in [-0.39, 0.29) is 5.76 Å². The Hall–Kier alpha value is -2.02. The first-order valence-electron chi connectivity index (χ1n) is 3.28. The van der Waals surface area contributed by atoms with Crippen LogP contribution in [0.4, 0.5) is 5.69 Å². The Balaban J connectivity index is 2.90. The predicted octanol–water partition coefficient (Wildman–Crippen LogP) is 0.786. The number of nitrogens with zero attached hydrogens (tertiary/aromatic N) is 2. The van der Waals surface area contributed by atoms with E-state index in [0.717, 1.165) is 0 Å². The molecule has 0 aliphatic rings. The third-order valence-electron chi connectivity index (χ3n) is 1.49. The molecular formula is C8H5N3O. The van der Waals surface area contributed by atoms with E-state index in [1.54, 1.807) is 0 Å². The number of furan rings is 1. The average molecular weight is 159 g/mol. The van der Waals surface area contributed by atoms with Crippen LogP contribution in [0.5, 0.6) is 0 Å². The van der Waals surface area contributed by atoms with Gasteiger partial charge in [0.05, 0.1) is 0 Å². The molecule has 0 spiro atoms. The molecule has 0 amide bonds. The minimum Gasteiger partial charge on any atom is -0.425 e. The lowest BCUT2D eigenvalue weighted by molar-refractivity contribution is 0.590. The molecule has 4 nitrogen and oxygen atoms in total. The molecule has 4 heteroatoms. The normalized spacial score (nSPS) is 9.92. The Bertz CT molecular complexity index is 467. The van der Waals surface area contributed by atoms with Crippen LogP contribution in [0.15, 0.2) is 16.8 Å². The minimum absolute atomic E-state index is 0.288. The van der Waals surface area contributed by atoms with Gasteiger partial charge in [0.25, 0.3) is 0 Å². The number of nitrogen functional groups attached to an aromatic ring is 1. The molecule has 0 radical (unpaired) electrons. The molecule has 58 valence electrons. The highest BCUT2D eigenvalue weighted by molar-refractivity contribution is 5.85. The second-order valence-corrected chi connectivity index (χ2v) is 2.20. The number of nitrogens with two attached hydrogens (primary N) is 1. The van der Waals surface area contributed by atoms with Crippen molar-refractivity contribution in [3.63, 3.8) is 0 Å². The molecule has 0 bridgehead atoms. The van der Waals surface area contributed by atoms with Crippen molar-refractivity contribution in [3.05, 3.63) is 18.2 Å². The Morgan fingerprint density at radius 3 is 2.83 bits per heavy atom. The lowest BCUT2D eigenvalue weighted by atomic mass is 10.3. The Kier molecular flexibility index (Phi) is 1.25. The molecule has 2 rings (SSSR count). The molecule has 2 heterocycles. The lowest BCUT2D eigenvalue weighted by Crippen LogP contribution is -1.86. The van der Waals surface area contributed by atoms with E-state index in [1.807, 2.05) is 0 Å². The molecule has 2 aromatic rings. The summed E-state index contributed by atoms with van der Waals surface area (Å²) in [5.41, 5.74) is 6.88. The molecule has 0 aliphatic heterocycles. The van der Waals surface area contributed by atoms with E-state index >= 15 is 0 Å². The average Bonchev–Trinajstić information content (AvgIpc) is 2.44. The van der Waals surface area contributed by atoms with Crippen LogP contribution in [-0.2, 0) is 0 Å². The van der Waals surface area contributed by atoms with Crippen LogP contribution >= 0.6 is 0 Å². The summed E-state index contributed by atoms with van der Waals surface area (Å²) in [6.45, 7) is 0. The predicted molar refractivity (Wildman–Crippen MR) is 44.2 cm³/mol. The maximum atomic E-state index is 5.61. The standard InChI is InChI=1S/C8H5N3O/c1-2-5-6(9)7-8(12-5)11-4-3-10-7/h1,3-4H,9H2. The molecular weight excluding hydrogens is 154 g/mol. The van der Waals surface area contributed by atoms with Gasteiger partial charge in [-0.25, -0.2) is 9.97 Å². The number of hydrogen-bond donors (Lipinski definition) is 1. The van der Waals surface area contributed by atoms with Gasteiger partial charge in [-0.05, 0) is 5.92 Å². The van der Waals surface area contributed by atoms with E-state index in [1.165, 1.54) is 12.4 Å². The van der Waals surface area contributed by atoms with Crippen molar-refractivity contribution in [2.45, 2.75) is 0 Å². The first-order valence-corrected chi connectivity index (χ1v) is 3.28.